The molecule has 33 heavy (non-hydrogen) atoms. The normalized spacial score (nSPS) is 15.7. The van der Waals surface area contributed by atoms with Crippen LogP contribution in [0, 0.1) is 0 Å². The molecule has 0 radical (unpaired) electrons. The van der Waals surface area contributed by atoms with Crippen molar-refractivity contribution in [1.29, 1.82) is 0 Å². The molecule has 0 saturated heterocycles. The largest absolute Gasteiger partial charge is 0.419 e. The fourth-order valence-electron chi connectivity index (χ4n) is 4.00. The van der Waals surface area contributed by atoms with Crippen LogP contribution in [0.15, 0.2) is 77.7 Å². The number of anilines is 2. The molecule has 0 aliphatic carbocycles. The van der Waals surface area contributed by atoms with Crippen molar-refractivity contribution >= 4 is 33.2 Å². The van der Waals surface area contributed by atoms with Crippen LogP contribution in [-0.4, -0.2) is 39.3 Å². The molecular weight excluding hydrogens is 440 g/mol. The van der Waals surface area contributed by atoms with E-state index in [0.29, 0.717) is 17.1 Å². The monoisotopic (exact) mass is 464 g/mol. The van der Waals surface area contributed by atoms with Gasteiger partial charge in [0, 0.05) is 19.7 Å². The molecule has 0 fully saturated rings. The summed E-state index contributed by atoms with van der Waals surface area (Å²) in [4.78, 5) is 28.9. The molecule has 7 nitrogen and oxygen atoms in total. The average molecular weight is 465 g/mol. The maximum atomic E-state index is 13.1. The van der Waals surface area contributed by atoms with E-state index in [1.165, 1.54) is 11.8 Å². The quantitative estimate of drug-likeness (QED) is 0.569. The van der Waals surface area contributed by atoms with E-state index in [1.807, 2.05) is 25.1 Å². The van der Waals surface area contributed by atoms with Crippen molar-refractivity contribution in [2.24, 2.45) is 0 Å². The Morgan fingerprint density at radius 2 is 1.55 bits per heavy atom. The van der Waals surface area contributed by atoms with Crippen LogP contribution in [0.5, 0.6) is 5.75 Å². The van der Waals surface area contributed by atoms with Crippen molar-refractivity contribution in [2.45, 2.75) is 24.8 Å². The molecule has 1 heterocycles. The molecule has 8 heteroatoms. The van der Waals surface area contributed by atoms with Crippen molar-refractivity contribution < 1.29 is 22.7 Å². The van der Waals surface area contributed by atoms with Gasteiger partial charge in [0.1, 0.15) is 5.75 Å². The Morgan fingerprint density at radius 1 is 0.909 bits per heavy atom. The average Bonchev–Trinajstić information content (AvgIpc) is 2.78. The van der Waals surface area contributed by atoms with Gasteiger partial charge in [-0.2, -0.15) is 0 Å². The van der Waals surface area contributed by atoms with Crippen molar-refractivity contribution in [3.8, 4) is 16.9 Å². The predicted octanol–water partition coefficient (Wildman–Crippen LogP) is 4.52. The zero-order valence-electron chi connectivity index (χ0n) is 18.6. The lowest BCUT2D eigenvalue weighted by Gasteiger charge is -2.40. The second-order valence-electron chi connectivity index (χ2n) is 8.03. The number of fused-ring (bicyclic) bond motifs is 1. The predicted molar refractivity (Wildman–Crippen MR) is 127 cm³/mol. The zero-order chi connectivity index (χ0) is 23.8. The minimum Gasteiger partial charge on any atom is -0.410 e. The second-order valence-corrected chi connectivity index (χ2v) is 10.0. The van der Waals surface area contributed by atoms with Gasteiger partial charge < -0.3 is 9.64 Å². The van der Waals surface area contributed by atoms with E-state index >= 15 is 0 Å². The molecule has 0 N–H and O–H groups in total. The second kappa shape index (κ2) is 8.71. The first-order valence-corrected chi connectivity index (χ1v) is 12.3. The Hall–Kier alpha value is -3.65. The number of hydrogen-bond donors (Lipinski definition) is 0. The first-order chi connectivity index (χ1) is 15.6. The van der Waals surface area contributed by atoms with Gasteiger partial charge in [0.05, 0.1) is 22.3 Å². The lowest BCUT2D eigenvalue weighted by atomic mass is 10.0. The topological polar surface area (TPSA) is 84.0 Å². The highest BCUT2D eigenvalue weighted by molar-refractivity contribution is 7.90. The summed E-state index contributed by atoms with van der Waals surface area (Å²) in [5.74, 6) is 0.309. The van der Waals surface area contributed by atoms with E-state index in [4.69, 9.17) is 4.74 Å². The van der Waals surface area contributed by atoms with E-state index in [2.05, 4.69) is 0 Å². The summed E-state index contributed by atoms with van der Waals surface area (Å²) in [7, 11) is -3.30. The first-order valence-electron chi connectivity index (χ1n) is 10.4. The van der Waals surface area contributed by atoms with Gasteiger partial charge in [-0.05, 0) is 54.4 Å². The molecule has 1 aliphatic rings. The summed E-state index contributed by atoms with van der Waals surface area (Å²) in [5.41, 5.74) is 2.73. The minimum absolute atomic E-state index is 0.120. The summed E-state index contributed by atoms with van der Waals surface area (Å²) in [6.07, 6.45) is 0.622. The summed E-state index contributed by atoms with van der Waals surface area (Å²) >= 11 is 0. The highest BCUT2D eigenvalue weighted by atomic mass is 32.2. The molecule has 170 valence electrons. The zero-order valence-corrected chi connectivity index (χ0v) is 19.4. The number of para-hydroxylation sites is 1. The minimum atomic E-state index is -3.30. The number of ether oxygens (including phenoxy) is 1. The maximum absolute atomic E-state index is 13.1. The van der Waals surface area contributed by atoms with Gasteiger partial charge >= 0.3 is 6.09 Å². The smallest absolute Gasteiger partial charge is 0.410 e. The fraction of sp³-hybridized carbons (Fsp3) is 0.200. The van der Waals surface area contributed by atoms with Crippen molar-refractivity contribution in [2.75, 3.05) is 22.6 Å². The first kappa shape index (κ1) is 22.5. The van der Waals surface area contributed by atoms with Gasteiger partial charge in [-0.3, -0.25) is 9.69 Å². The third-order valence-electron chi connectivity index (χ3n) is 5.54. The molecule has 1 aliphatic heterocycles. The Bertz CT molecular complexity index is 1300. The van der Waals surface area contributed by atoms with Crippen molar-refractivity contribution in [1.82, 2.24) is 0 Å². The Kier molecular flexibility index (Phi) is 5.95. The SMILES string of the molecule is CC(=O)N1c2ccc(-c3ccc(S(C)(=O)=O)cc3)cc2N(C(=O)Oc2ccccc2)C[C@@H]1C. The molecule has 1 atom stereocenters. The van der Waals surface area contributed by atoms with Crippen LogP contribution in [0.25, 0.3) is 11.1 Å². The lowest BCUT2D eigenvalue weighted by Crippen LogP contribution is -2.52. The lowest BCUT2D eigenvalue weighted by molar-refractivity contribution is -0.117. The molecule has 4 rings (SSSR count). The van der Waals surface area contributed by atoms with Gasteiger partial charge in [-0.25, -0.2) is 13.2 Å². The van der Waals surface area contributed by atoms with Gasteiger partial charge in [0.2, 0.25) is 5.91 Å². The highest BCUT2D eigenvalue weighted by Gasteiger charge is 2.34. The van der Waals surface area contributed by atoms with E-state index in [0.717, 1.165) is 17.4 Å². The number of amides is 2. The number of sulfone groups is 1. The van der Waals surface area contributed by atoms with Gasteiger partial charge in [-0.15, -0.1) is 0 Å². The number of nitrogens with zero attached hydrogens (tertiary/aromatic N) is 2. The third kappa shape index (κ3) is 4.61. The Morgan fingerprint density at radius 3 is 2.15 bits per heavy atom. The van der Waals surface area contributed by atoms with Gasteiger partial charge in [0.25, 0.3) is 0 Å². The van der Waals surface area contributed by atoms with Crippen LogP contribution in [0.4, 0.5) is 16.2 Å². The number of carbonyl (C=O) groups excluding carboxylic acids is 2. The van der Waals surface area contributed by atoms with Crippen LogP contribution >= 0.6 is 0 Å². The van der Waals surface area contributed by atoms with Crippen LogP contribution in [0.1, 0.15) is 13.8 Å². The number of carbonyl (C=O) groups is 2. The molecule has 0 bridgehead atoms. The molecule has 0 aromatic heterocycles. The Balaban J connectivity index is 1.75. The van der Waals surface area contributed by atoms with E-state index in [9.17, 15) is 18.0 Å². The number of rotatable bonds is 3. The summed E-state index contributed by atoms with van der Waals surface area (Å²) in [6.45, 7) is 3.65. The molecule has 3 aromatic carbocycles. The van der Waals surface area contributed by atoms with Crippen LogP contribution in [-0.2, 0) is 14.6 Å². The van der Waals surface area contributed by atoms with Gasteiger partial charge in [-0.1, -0.05) is 36.4 Å². The van der Waals surface area contributed by atoms with Crippen molar-refractivity contribution in [3.05, 3.63) is 72.8 Å². The maximum Gasteiger partial charge on any atom is 0.419 e. The Labute approximate surface area is 193 Å². The van der Waals surface area contributed by atoms with E-state index < -0.39 is 15.9 Å². The summed E-state index contributed by atoms with van der Waals surface area (Å²) < 4.78 is 29.1. The summed E-state index contributed by atoms with van der Waals surface area (Å²) in [5, 5.41) is 0. The van der Waals surface area contributed by atoms with Gasteiger partial charge in [0.15, 0.2) is 9.84 Å². The van der Waals surface area contributed by atoms with Crippen LogP contribution in [0.3, 0.4) is 0 Å². The van der Waals surface area contributed by atoms with Crippen molar-refractivity contribution in [3.63, 3.8) is 0 Å². The van der Waals surface area contributed by atoms with Crippen LogP contribution in [0.2, 0.25) is 0 Å². The highest BCUT2D eigenvalue weighted by Crippen LogP contribution is 2.39. The van der Waals surface area contributed by atoms with Crippen LogP contribution < -0.4 is 14.5 Å². The number of hydrogen-bond acceptors (Lipinski definition) is 5. The molecule has 2 amide bonds. The molecule has 0 unspecified atom stereocenters. The molecule has 0 saturated carbocycles. The number of benzene rings is 3. The summed E-state index contributed by atoms with van der Waals surface area (Å²) in [6, 6.07) is 20.6. The molecular formula is C25H24N2O5S. The molecule has 3 aromatic rings. The molecule has 0 spiro atoms. The third-order valence-corrected chi connectivity index (χ3v) is 6.67. The fourth-order valence-corrected chi connectivity index (χ4v) is 4.63. The standard InChI is InChI=1S/C25H24N2O5S/c1-17-16-26(25(29)32-21-7-5-4-6-8-21)24-15-20(11-14-23(24)27(17)18(2)28)19-9-12-22(13-10-19)33(3,30)31/h4-15,17H,16H2,1-3H3/t17-/m0/s1. The van der Waals surface area contributed by atoms with E-state index in [-0.39, 0.29) is 23.4 Å². The van der Waals surface area contributed by atoms with E-state index in [1.54, 1.807) is 59.5 Å².